The Kier molecular flexibility index (Phi) is 3.72. The minimum atomic E-state index is -0.250. The smallest absolute Gasteiger partial charge is 0.261 e. The molecule has 0 saturated carbocycles. The van der Waals surface area contributed by atoms with Crippen molar-refractivity contribution >= 4 is 28.3 Å². The summed E-state index contributed by atoms with van der Waals surface area (Å²) in [5.41, 5.74) is 2.10. The lowest BCUT2D eigenvalue weighted by Gasteiger charge is -2.24. The molecule has 6 nitrogen and oxygen atoms in total. The molecule has 2 heterocycles. The third kappa shape index (κ3) is 2.55. The first-order valence-electron chi connectivity index (χ1n) is 8.24. The number of hydrogen-bond acceptors (Lipinski definition) is 4. The molecular weight excluding hydrogens is 316 g/mol. The summed E-state index contributed by atoms with van der Waals surface area (Å²) in [5, 5.41) is 5.08. The number of aromatic nitrogens is 2. The van der Waals surface area contributed by atoms with E-state index in [0.717, 1.165) is 36.0 Å². The summed E-state index contributed by atoms with van der Waals surface area (Å²) in [7, 11) is 1.52. The number of nitrogens with zero attached hydrogens (tertiary/aromatic N) is 3. The van der Waals surface area contributed by atoms with Gasteiger partial charge in [0, 0.05) is 60.1 Å². The van der Waals surface area contributed by atoms with Crippen molar-refractivity contribution in [3.63, 3.8) is 0 Å². The predicted octanol–water partition coefficient (Wildman–Crippen LogP) is 2.76. The lowest BCUT2D eigenvalue weighted by atomic mass is 9.93. The molecule has 25 heavy (non-hydrogen) atoms. The lowest BCUT2D eigenvalue weighted by Crippen LogP contribution is -2.36. The van der Waals surface area contributed by atoms with Crippen LogP contribution < -0.4 is 5.32 Å². The molecule has 1 aliphatic heterocycles. The molecule has 0 fully saturated rings. The fourth-order valence-corrected chi connectivity index (χ4v) is 3.27. The maximum Gasteiger partial charge on any atom is 0.261 e. The van der Waals surface area contributed by atoms with Crippen molar-refractivity contribution in [3.8, 4) is 0 Å². The van der Waals surface area contributed by atoms with Crippen molar-refractivity contribution in [2.75, 3.05) is 18.9 Å². The van der Waals surface area contributed by atoms with E-state index in [9.17, 15) is 9.59 Å². The lowest BCUT2D eigenvalue weighted by molar-refractivity contribution is 0.0651. The van der Waals surface area contributed by atoms with Crippen LogP contribution in [0, 0.1) is 0 Å². The Morgan fingerprint density at radius 1 is 1.08 bits per heavy atom. The van der Waals surface area contributed by atoms with Gasteiger partial charge in [0.05, 0.1) is 6.33 Å². The zero-order valence-electron chi connectivity index (χ0n) is 13.9. The highest BCUT2D eigenvalue weighted by Gasteiger charge is 2.30. The number of imidazole rings is 1. The van der Waals surface area contributed by atoms with Gasteiger partial charge in [-0.15, -0.1) is 0 Å². The Bertz CT molecular complexity index is 941. The molecule has 0 saturated heterocycles. The molecule has 2 aromatic carbocycles. The van der Waals surface area contributed by atoms with Crippen LogP contribution in [0.4, 0.5) is 5.69 Å². The number of amides is 2. The summed E-state index contributed by atoms with van der Waals surface area (Å²) in [5.74, 6) is -0.499. The Balaban J connectivity index is 1.62. The van der Waals surface area contributed by atoms with Gasteiger partial charge in [-0.05, 0) is 24.6 Å². The van der Waals surface area contributed by atoms with Crippen LogP contribution in [0.5, 0.6) is 0 Å². The molecule has 0 spiro atoms. The predicted molar refractivity (Wildman–Crippen MR) is 95.7 cm³/mol. The van der Waals surface area contributed by atoms with Gasteiger partial charge < -0.3 is 9.88 Å². The third-order valence-electron chi connectivity index (χ3n) is 4.58. The molecule has 4 rings (SSSR count). The van der Waals surface area contributed by atoms with E-state index in [1.807, 2.05) is 29.0 Å². The maximum atomic E-state index is 12.4. The second-order valence-corrected chi connectivity index (χ2v) is 6.14. The van der Waals surface area contributed by atoms with Gasteiger partial charge in [0.25, 0.3) is 11.8 Å². The van der Waals surface area contributed by atoms with Gasteiger partial charge in [0.1, 0.15) is 0 Å². The Hall–Kier alpha value is -3.15. The first-order chi connectivity index (χ1) is 12.2. The largest absolute Gasteiger partial charge is 0.384 e. The minimum Gasteiger partial charge on any atom is -0.384 e. The van der Waals surface area contributed by atoms with Crippen LogP contribution in [-0.4, -0.2) is 39.9 Å². The van der Waals surface area contributed by atoms with Crippen LogP contribution in [0.15, 0.2) is 49.1 Å². The van der Waals surface area contributed by atoms with E-state index in [1.165, 1.54) is 11.9 Å². The van der Waals surface area contributed by atoms with E-state index in [1.54, 1.807) is 24.7 Å². The zero-order chi connectivity index (χ0) is 17.4. The molecule has 0 bridgehead atoms. The summed E-state index contributed by atoms with van der Waals surface area (Å²) in [6.07, 6.45) is 6.46. The molecule has 0 atom stereocenters. The molecular formula is C19H18N4O2. The number of imide groups is 1. The average Bonchev–Trinajstić information content (AvgIpc) is 3.15. The van der Waals surface area contributed by atoms with Crippen molar-refractivity contribution in [2.24, 2.45) is 0 Å². The van der Waals surface area contributed by atoms with Gasteiger partial charge in [0.15, 0.2) is 0 Å². The second kappa shape index (κ2) is 6.05. The summed E-state index contributed by atoms with van der Waals surface area (Å²) in [6.45, 7) is 1.68. The van der Waals surface area contributed by atoms with Gasteiger partial charge in [-0.3, -0.25) is 14.5 Å². The normalized spacial score (nSPS) is 13.6. The van der Waals surface area contributed by atoms with Gasteiger partial charge in [-0.25, -0.2) is 4.98 Å². The standard InChI is InChI=1S/C19H18N4O2/c1-22-18(24)14-5-2-4-13-16(7-6-15(17(13)14)19(22)25)21-8-3-10-23-11-9-20-12-23/h2,4-7,9,11-12,21H,3,8,10H2,1H3. The van der Waals surface area contributed by atoms with Gasteiger partial charge >= 0.3 is 0 Å². The van der Waals surface area contributed by atoms with Crippen molar-refractivity contribution in [3.05, 3.63) is 60.2 Å². The molecule has 1 aromatic heterocycles. The summed E-state index contributed by atoms with van der Waals surface area (Å²) < 4.78 is 2.03. The average molecular weight is 334 g/mol. The van der Waals surface area contributed by atoms with E-state index < -0.39 is 0 Å². The van der Waals surface area contributed by atoms with E-state index in [0.29, 0.717) is 11.1 Å². The van der Waals surface area contributed by atoms with E-state index in [4.69, 9.17) is 0 Å². The van der Waals surface area contributed by atoms with Crippen molar-refractivity contribution in [1.29, 1.82) is 0 Å². The highest BCUT2D eigenvalue weighted by Crippen LogP contribution is 2.33. The first-order valence-corrected chi connectivity index (χ1v) is 8.24. The fraction of sp³-hybridized carbons (Fsp3) is 0.211. The minimum absolute atomic E-state index is 0.250. The molecule has 0 unspecified atom stereocenters. The van der Waals surface area contributed by atoms with E-state index in [-0.39, 0.29) is 11.8 Å². The number of carbonyl (C=O) groups is 2. The monoisotopic (exact) mass is 334 g/mol. The fourth-order valence-electron chi connectivity index (χ4n) is 3.27. The topological polar surface area (TPSA) is 67.2 Å². The van der Waals surface area contributed by atoms with E-state index >= 15 is 0 Å². The SMILES string of the molecule is CN1C(=O)c2cccc3c(NCCCn4ccnc4)ccc(c23)C1=O. The van der Waals surface area contributed by atoms with Crippen LogP contribution >= 0.6 is 0 Å². The number of benzene rings is 2. The summed E-state index contributed by atoms with van der Waals surface area (Å²) >= 11 is 0. The zero-order valence-corrected chi connectivity index (χ0v) is 13.9. The summed E-state index contributed by atoms with van der Waals surface area (Å²) in [6, 6.07) is 9.31. The molecule has 0 radical (unpaired) electrons. The highest BCUT2D eigenvalue weighted by molar-refractivity contribution is 6.26. The molecule has 1 aliphatic rings. The van der Waals surface area contributed by atoms with Crippen LogP contribution in [0.25, 0.3) is 10.8 Å². The molecule has 1 N–H and O–H groups in total. The van der Waals surface area contributed by atoms with Crippen LogP contribution in [-0.2, 0) is 6.54 Å². The Morgan fingerprint density at radius 2 is 1.88 bits per heavy atom. The number of aryl methyl sites for hydroxylation is 1. The van der Waals surface area contributed by atoms with Crippen LogP contribution in [0.3, 0.4) is 0 Å². The number of hydrogen-bond donors (Lipinski definition) is 1. The number of nitrogens with one attached hydrogen (secondary N) is 1. The molecule has 126 valence electrons. The number of carbonyl (C=O) groups excluding carboxylic acids is 2. The van der Waals surface area contributed by atoms with Crippen molar-refractivity contribution < 1.29 is 9.59 Å². The molecule has 2 amide bonds. The first kappa shape index (κ1) is 15.4. The Morgan fingerprint density at radius 3 is 2.64 bits per heavy atom. The Labute approximate surface area is 145 Å². The second-order valence-electron chi connectivity index (χ2n) is 6.14. The van der Waals surface area contributed by atoms with Crippen molar-refractivity contribution in [2.45, 2.75) is 13.0 Å². The van der Waals surface area contributed by atoms with Gasteiger partial charge in [-0.2, -0.15) is 0 Å². The maximum absolute atomic E-state index is 12.4. The molecule has 3 aromatic rings. The van der Waals surface area contributed by atoms with Crippen LogP contribution in [0.2, 0.25) is 0 Å². The quantitative estimate of drug-likeness (QED) is 0.575. The highest BCUT2D eigenvalue weighted by atomic mass is 16.2. The number of anilines is 1. The van der Waals surface area contributed by atoms with E-state index in [2.05, 4.69) is 10.3 Å². The molecule has 0 aliphatic carbocycles. The third-order valence-corrected chi connectivity index (χ3v) is 4.58. The number of rotatable bonds is 5. The molecule has 6 heteroatoms. The summed E-state index contributed by atoms with van der Waals surface area (Å²) in [4.78, 5) is 30.0. The van der Waals surface area contributed by atoms with Crippen molar-refractivity contribution in [1.82, 2.24) is 14.5 Å². The van der Waals surface area contributed by atoms with Gasteiger partial charge in [-0.1, -0.05) is 12.1 Å². The van der Waals surface area contributed by atoms with Gasteiger partial charge in [0.2, 0.25) is 0 Å². The van der Waals surface area contributed by atoms with Crippen LogP contribution in [0.1, 0.15) is 27.1 Å².